The van der Waals surface area contributed by atoms with Gasteiger partial charge in [0, 0.05) is 23.4 Å². The summed E-state index contributed by atoms with van der Waals surface area (Å²) in [6.45, 7) is 1.91. The monoisotopic (exact) mass is 274 g/mol. The van der Waals surface area contributed by atoms with E-state index in [1.807, 2.05) is 6.92 Å². The van der Waals surface area contributed by atoms with Gasteiger partial charge in [0.15, 0.2) is 5.78 Å². The number of hydrogen-bond donors (Lipinski definition) is 2. The Bertz CT molecular complexity index is 577. The molecule has 1 aromatic rings. The summed E-state index contributed by atoms with van der Waals surface area (Å²) < 4.78 is 0. The van der Waals surface area contributed by atoms with E-state index < -0.39 is 11.7 Å². The van der Waals surface area contributed by atoms with E-state index in [0.29, 0.717) is 5.69 Å². The van der Waals surface area contributed by atoms with Crippen molar-refractivity contribution in [1.29, 1.82) is 0 Å². The Morgan fingerprint density at radius 3 is 2.90 bits per heavy atom. The predicted octanol–water partition coefficient (Wildman–Crippen LogP) is 2.14. The van der Waals surface area contributed by atoms with Crippen LogP contribution in [-0.4, -0.2) is 16.9 Å². The van der Waals surface area contributed by atoms with Gasteiger partial charge in [-0.3, -0.25) is 4.79 Å². The van der Waals surface area contributed by atoms with Crippen LogP contribution in [-0.2, 0) is 4.79 Å². The number of carbonyl (C=O) groups is 2. The number of nitrogens with one attached hydrogen (secondary N) is 1. The predicted molar refractivity (Wildman–Crippen MR) is 72.6 cm³/mol. The lowest BCUT2D eigenvalue weighted by atomic mass is 9.86. The zero-order chi connectivity index (χ0) is 14.7. The molecule has 106 valence electrons. The summed E-state index contributed by atoms with van der Waals surface area (Å²) >= 11 is 0. The Morgan fingerprint density at radius 2 is 2.25 bits per heavy atom. The normalized spacial score (nSPS) is 20.9. The minimum absolute atomic E-state index is 0.0428. The standard InChI is InChI=1S/C15H17NO4/c1-9-3-2-4-10(14(9)18)8-16-11-5-6-12(15(19)20)13(17)7-11/h5-9,16-17H,2-4H2,1H3,(H,19,20)/p-1/b10-8+/t9-/m1/s1. The van der Waals surface area contributed by atoms with Crippen molar-refractivity contribution in [2.24, 2.45) is 5.92 Å². The van der Waals surface area contributed by atoms with Gasteiger partial charge < -0.3 is 15.5 Å². The molecular formula is C15H16NO4-. The molecule has 1 aliphatic rings. The van der Waals surface area contributed by atoms with Crippen LogP contribution in [0.2, 0.25) is 0 Å². The highest BCUT2D eigenvalue weighted by Gasteiger charge is 2.22. The van der Waals surface area contributed by atoms with Gasteiger partial charge in [-0.05, 0) is 37.5 Å². The second kappa shape index (κ2) is 5.77. The molecule has 1 aliphatic carbocycles. The molecule has 2 rings (SSSR count). The maximum Gasteiger partial charge on any atom is 0.335 e. The van der Waals surface area contributed by atoms with Crippen LogP contribution in [0.25, 0.3) is 0 Å². The summed E-state index contributed by atoms with van der Waals surface area (Å²) in [4.78, 5) is 22.6. The Hall–Kier alpha value is -2.30. The molecule has 0 aliphatic heterocycles. The van der Waals surface area contributed by atoms with Crippen LogP contribution in [0.4, 0.5) is 5.69 Å². The lowest BCUT2D eigenvalue weighted by molar-refractivity contribution is -0.268. The number of rotatable bonds is 3. The molecular weight excluding hydrogens is 258 g/mol. The third-order valence-corrected chi connectivity index (χ3v) is 3.47. The minimum atomic E-state index is -1.24. The van der Waals surface area contributed by atoms with E-state index in [1.54, 1.807) is 6.20 Å². The smallest absolute Gasteiger partial charge is 0.335 e. The molecule has 20 heavy (non-hydrogen) atoms. The first kappa shape index (κ1) is 14.1. The molecule has 0 heterocycles. The lowest BCUT2D eigenvalue weighted by Crippen LogP contribution is -2.19. The summed E-state index contributed by atoms with van der Waals surface area (Å²) in [5, 5.41) is 23.2. The highest BCUT2D eigenvalue weighted by Crippen LogP contribution is 2.25. The topological polar surface area (TPSA) is 89.5 Å². The zero-order valence-corrected chi connectivity index (χ0v) is 11.2. The molecule has 0 radical (unpaired) electrons. The third kappa shape index (κ3) is 2.99. The van der Waals surface area contributed by atoms with E-state index in [0.717, 1.165) is 24.8 Å². The van der Waals surface area contributed by atoms with Gasteiger partial charge in [-0.1, -0.05) is 12.7 Å². The minimum Gasteiger partial charge on any atom is -0.872 e. The Morgan fingerprint density at radius 1 is 1.50 bits per heavy atom. The SMILES string of the molecule is C[C@@H]1CCC/C(=C\Nc2ccc(C(=O)O)c([O-])c2)C1=O. The Labute approximate surface area is 116 Å². The number of carboxylic acid groups (broad SMARTS) is 1. The summed E-state index contributed by atoms with van der Waals surface area (Å²) in [5.74, 6) is -1.62. The molecule has 1 fully saturated rings. The number of anilines is 1. The van der Waals surface area contributed by atoms with Crippen LogP contribution in [0.1, 0.15) is 36.5 Å². The Balaban J connectivity index is 2.13. The number of allylic oxidation sites excluding steroid dienone is 1. The largest absolute Gasteiger partial charge is 0.872 e. The van der Waals surface area contributed by atoms with Crippen LogP contribution < -0.4 is 10.4 Å². The molecule has 5 nitrogen and oxygen atoms in total. The van der Waals surface area contributed by atoms with Gasteiger partial charge in [-0.2, -0.15) is 0 Å². The van der Waals surface area contributed by atoms with Gasteiger partial charge in [0.2, 0.25) is 0 Å². The molecule has 1 atom stereocenters. The molecule has 2 N–H and O–H groups in total. The highest BCUT2D eigenvalue weighted by atomic mass is 16.4. The van der Waals surface area contributed by atoms with Gasteiger partial charge >= 0.3 is 5.97 Å². The second-order valence-electron chi connectivity index (χ2n) is 4.99. The first-order valence-corrected chi connectivity index (χ1v) is 6.53. The second-order valence-corrected chi connectivity index (χ2v) is 4.99. The summed E-state index contributed by atoms with van der Waals surface area (Å²) in [6.07, 6.45) is 4.24. The fourth-order valence-electron chi connectivity index (χ4n) is 2.27. The molecule has 0 unspecified atom stereocenters. The molecule has 0 saturated heterocycles. The molecule has 0 amide bonds. The molecule has 5 heteroatoms. The average molecular weight is 274 g/mol. The number of benzene rings is 1. The summed E-state index contributed by atoms with van der Waals surface area (Å²) in [6, 6.07) is 3.99. The van der Waals surface area contributed by atoms with E-state index in [4.69, 9.17) is 5.11 Å². The number of carboxylic acids is 1. The van der Waals surface area contributed by atoms with E-state index in [1.165, 1.54) is 18.2 Å². The van der Waals surface area contributed by atoms with Gasteiger partial charge in [0.1, 0.15) is 0 Å². The zero-order valence-electron chi connectivity index (χ0n) is 11.2. The van der Waals surface area contributed by atoms with Crippen LogP contribution in [0.5, 0.6) is 5.75 Å². The lowest BCUT2D eigenvalue weighted by Gasteiger charge is -2.19. The first-order valence-electron chi connectivity index (χ1n) is 6.53. The molecule has 0 aromatic heterocycles. The number of Topliss-reactive ketones (excluding diaryl/α,β-unsaturated/α-hetero) is 1. The summed E-state index contributed by atoms with van der Waals surface area (Å²) in [7, 11) is 0. The third-order valence-electron chi connectivity index (χ3n) is 3.47. The van der Waals surface area contributed by atoms with Crippen molar-refractivity contribution in [2.75, 3.05) is 5.32 Å². The molecule has 1 aromatic carbocycles. The number of aromatic carboxylic acids is 1. The van der Waals surface area contributed by atoms with Gasteiger partial charge in [-0.25, -0.2) is 4.79 Å². The number of carbonyl (C=O) groups excluding carboxylic acids is 1. The highest BCUT2D eigenvalue weighted by molar-refractivity contribution is 5.98. The summed E-state index contributed by atoms with van der Waals surface area (Å²) in [5.41, 5.74) is 0.947. The van der Waals surface area contributed by atoms with Crippen molar-refractivity contribution < 1.29 is 19.8 Å². The van der Waals surface area contributed by atoms with Gasteiger partial charge in [-0.15, -0.1) is 0 Å². The van der Waals surface area contributed by atoms with Crippen LogP contribution in [0.15, 0.2) is 30.0 Å². The first-order chi connectivity index (χ1) is 9.49. The maximum absolute atomic E-state index is 11.9. The van der Waals surface area contributed by atoms with Crippen LogP contribution in [0.3, 0.4) is 0 Å². The quantitative estimate of drug-likeness (QED) is 0.824. The van der Waals surface area contributed by atoms with E-state index >= 15 is 0 Å². The van der Waals surface area contributed by atoms with Crippen molar-refractivity contribution in [3.05, 3.63) is 35.5 Å². The molecule has 0 spiro atoms. The van der Waals surface area contributed by atoms with Gasteiger partial charge in [0.05, 0.1) is 5.56 Å². The molecule has 0 bridgehead atoms. The van der Waals surface area contributed by atoms with Gasteiger partial charge in [0.25, 0.3) is 0 Å². The molecule has 1 saturated carbocycles. The van der Waals surface area contributed by atoms with E-state index in [9.17, 15) is 14.7 Å². The van der Waals surface area contributed by atoms with Crippen LogP contribution in [0, 0.1) is 5.92 Å². The van der Waals surface area contributed by atoms with Crippen molar-refractivity contribution in [3.8, 4) is 5.75 Å². The van der Waals surface area contributed by atoms with E-state index in [-0.39, 0.29) is 17.3 Å². The van der Waals surface area contributed by atoms with Crippen molar-refractivity contribution in [1.82, 2.24) is 0 Å². The fourth-order valence-corrected chi connectivity index (χ4v) is 2.27. The fraction of sp³-hybridized carbons (Fsp3) is 0.333. The number of hydrogen-bond acceptors (Lipinski definition) is 4. The average Bonchev–Trinajstić information content (AvgIpc) is 2.40. The van der Waals surface area contributed by atoms with Crippen molar-refractivity contribution >= 4 is 17.4 Å². The van der Waals surface area contributed by atoms with Crippen LogP contribution >= 0.6 is 0 Å². The van der Waals surface area contributed by atoms with E-state index in [2.05, 4.69) is 5.32 Å². The van der Waals surface area contributed by atoms with Crippen molar-refractivity contribution in [3.63, 3.8) is 0 Å². The van der Waals surface area contributed by atoms with Crippen molar-refractivity contribution in [2.45, 2.75) is 26.2 Å². The number of ketones is 1. The Kier molecular flexibility index (Phi) is 4.08. The maximum atomic E-state index is 11.9.